The van der Waals surface area contributed by atoms with Crippen molar-refractivity contribution in [1.82, 2.24) is 10.6 Å². The molecule has 7 N–H and O–H groups in total. The Labute approximate surface area is 182 Å². The first-order valence-corrected chi connectivity index (χ1v) is 10.6. The van der Waals surface area contributed by atoms with Gasteiger partial charge in [0.25, 0.3) is 0 Å². The van der Waals surface area contributed by atoms with Crippen molar-refractivity contribution in [2.24, 2.45) is 5.73 Å². The Balaban J connectivity index is 2.05. The summed E-state index contributed by atoms with van der Waals surface area (Å²) in [5.41, 5.74) is 7.21. The summed E-state index contributed by atoms with van der Waals surface area (Å²) in [6.45, 7) is -0.614. The zero-order valence-corrected chi connectivity index (χ0v) is 17.4. The first kappa shape index (κ1) is 24.4. The van der Waals surface area contributed by atoms with E-state index in [1.807, 2.05) is 30.3 Å². The molecule has 1 aromatic carbocycles. The molecule has 4 atom stereocenters. The quantitative estimate of drug-likeness (QED) is 0.264. The first-order chi connectivity index (χ1) is 14.7. The van der Waals surface area contributed by atoms with E-state index in [-0.39, 0.29) is 23.8 Å². The molecule has 1 aromatic rings. The number of carboxylic acid groups (broad SMARTS) is 2. The number of nitrogens with two attached hydrogens (primary N) is 1. The van der Waals surface area contributed by atoms with Crippen molar-refractivity contribution in [2.75, 3.05) is 12.3 Å². The maximum Gasteiger partial charge on any atom is 0.322 e. The lowest BCUT2D eigenvalue weighted by molar-refractivity contribution is -0.139. The van der Waals surface area contributed by atoms with Gasteiger partial charge in [-0.25, -0.2) is 0 Å². The van der Waals surface area contributed by atoms with Crippen LogP contribution >= 0.6 is 11.8 Å². The van der Waals surface area contributed by atoms with E-state index in [0.29, 0.717) is 0 Å². The Morgan fingerprint density at radius 2 is 1.87 bits per heavy atom. The maximum absolute atomic E-state index is 12.4. The van der Waals surface area contributed by atoms with Gasteiger partial charge in [0.1, 0.15) is 18.6 Å². The molecule has 168 valence electrons. The van der Waals surface area contributed by atoms with Gasteiger partial charge in [-0.1, -0.05) is 36.4 Å². The molecule has 0 unspecified atom stereocenters. The normalized spacial score (nSPS) is 19.0. The van der Waals surface area contributed by atoms with Crippen LogP contribution in [0.15, 0.2) is 30.3 Å². The van der Waals surface area contributed by atoms with Gasteiger partial charge in [-0.2, -0.15) is 0 Å². The van der Waals surface area contributed by atoms with Crippen LogP contribution in [0.5, 0.6) is 0 Å². The standard InChI is InChI=1S/C20H25N3O7S/c21-13(20(29)30)6-8-16(25)23-14(19(28)22-9-17(26)27)10-31-18-12-4-2-1-3-11(12)5-7-15(18)24/h1-5,7,13-15,18,24H,6,8-10,21H2,(H,22,28)(H,23,25)(H,26,27)(H,29,30)/t13-,14-,15+,18+/m0/s1. The third-order valence-electron chi connectivity index (χ3n) is 4.59. The van der Waals surface area contributed by atoms with E-state index >= 15 is 0 Å². The van der Waals surface area contributed by atoms with Gasteiger partial charge in [0, 0.05) is 12.2 Å². The Hall–Kier alpha value is -2.89. The van der Waals surface area contributed by atoms with Gasteiger partial charge in [-0.3, -0.25) is 19.2 Å². The number of aliphatic carboxylic acids is 2. The van der Waals surface area contributed by atoms with E-state index in [1.54, 1.807) is 6.08 Å². The van der Waals surface area contributed by atoms with E-state index in [2.05, 4.69) is 10.6 Å². The highest BCUT2D eigenvalue weighted by atomic mass is 32.2. The average Bonchev–Trinajstić information content (AvgIpc) is 2.73. The van der Waals surface area contributed by atoms with Gasteiger partial charge in [-0.15, -0.1) is 11.8 Å². The van der Waals surface area contributed by atoms with Crippen LogP contribution in [0.2, 0.25) is 0 Å². The lowest BCUT2D eigenvalue weighted by Crippen LogP contribution is -2.49. The smallest absolute Gasteiger partial charge is 0.322 e. The highest BCUT2D eigenvalue weighted by molar-refractivity contribution is 7.99. The van der Waals surface area contributed by atoms with Crippen molar-refractivity contribution >= 4 is 41.6 Å². The number of aliphatic hydroxyl groups excluding tert-OH is 1. The van der Waals surface area contributed by atoms with Crippen molar-refractivity contribution < 1.29 is 34.5 Å². The highest BCUT2D eigenvalue weighted by Crippen LogP contribution is 2.38. The Morgan fingerprint density at radius 1 is 1.16 bits per heavy atom. The molecule has 10 nitrogen and oxygen atoms in total. The molecule has 0 bridgehead atoms. The second-order valence-corrected chi connectivity index (χ2v) is 8.12. The summed E-state index contributed by atoms with van der Waals surface area (Å²) in [4.78, 5) is 46.2. The van der Waals surface area contributed by atoms with Crippen LogP contribution in [-0.4, -0.2) is 69.6 Å². The lowest BCUT2D eigenvalue weighted by atomic mass is 9.95. The van der Waals surface area contributed by atoms with Crippen molar-refractivity contribution in [3.8, 4) is 0 Å². The molecule has 0 aromatic heterocycles. The monoisotopic (exact) mass is 451 g/mol. The SMILES string of the molecule is N[C@@H](CCC(=O)N[C@@H](CS[C@@H]1c2ccccc2C=C[C@H]1O)C(=O)NCC(=O)O)C(=O)O. The summed E-state index contributed by atoms with van der Waals surface area (Å²) in [5, 5.41) is 32.3. The summed E-state index contributed by atoms with van der Waals surface area (Å²) in [6.07, 6.45) is 2.33. The van der Waals surface area contributed by atoms with Crippen LogP contribution in [0, 0.1) is 0 Å². The van der Waals surface area contributed by atoms with Gasteiger partial charge < -0.3 is 31.7 Å². The van der Waals surface area contributed by atoms with Crippen molar-refractivity contribution in [3.05, 3.63) is 41.5 Å². The molecule has 1 aliphatic carbocycles. The molecule has 11 heteroatoms. The van der Waals surface area contributed by atoms with E-state index in [9.17, 15) is 24.3 Å². The number of amides is 2. The Bertz CT molecular complexity index is 861. The Kier molecular flexibility index (Phi) is 9.03. The third-order valence-corrected chi connectivity index (χ3v) is 6.01. The van der Waals surface area contributed by atoms with Gasteiger partial charge in [-0.05, 0) is 17.5 Å². The number of benzene rings is 1. The number of fused-ring (bicyclic) bond motifs is 1. The number of hydrogen-bond acceptors (Lipinski definition) is 7. The maximum atomic E-state index is 12.4. The molecule has 1 aliphatic rings. The number of carbonyl (C=O) groups is 4. The molecule has 0 radical (unpaired) electrons. The molecule has 0 saturated heterocycles. The van der Waals surface area contributed by atoms with Crippen molar-refractivity contribution in [3.63, 3.8) is 0 Å². The molecule has 0 spiro atoms. The van der Waals surface area contributed by atoms with E-state index in [0.717, 1.165) is 11.1 Å². The number of carbonyl (C=O) groups excluding carboxylic acids is 2. The fourth-order valence-electron chi connectivity index (χ4n) is 2.94. The zero-order chi connectivity index (χ0) is 23.0. The van der Waals surface area contributed by atoms with E-state index in [4.69, 9.17) is 15.9 Å². The zero-order valence-electron chi connectivity index (χ0n) is 16.6. The van der Waals surface area contributed by atoms with Gasteiger partial charge >= 0.3 is 11.9 Å². The van der Waals surface area contributed by atoms with Gasteiger partial charge in [0.05, 0.1) is 11.4 Å². The van der Waals surface area contributed by atoms with E-state index < -0.39 is 48.5 Å². The molecule has 0 saturated carbocycles. The van der Waals surface area contributed by atoms with Crippen LogP contribution in [0.25, 0.3) is 6.08 Å². The molecule has 2 amide bonds. The fraction of sp³-hybridized carbons (Fsp3) is 0.400. The predicted molar refractivity (Wildman–Crippen MR) is 114 cm³/mol. The minimum Gasteiger partial charge on any atom is -0.480 e. The van der Waals surface area contributed by atoms with Crippen molar-refractivity contribution in [2.45, 2.75) is 36.3 Å². The number of rotatable bonds is 11. The van der Waals surface area contributed by atoms with Crippen molar-refractivity contribution in [1.29, 1.82) is 0 Å². The molecule has 0 aliphatic heterocycles. The summed E-state index contributed by atoms with van der Waals surface area (Å²) in [6, 6.07) is 5.18. The second kappa shape index (κ2) is 11.5. The first-order valence-electron chi connectivity index (χ1n) is 9.53. The minimum absolute atomic E-state index is 0.0616. The second-order valence-electron chi connectivity index (χ2n) is 6.95. The Morgan fingerprint density at radius 3 is 2.55 bits per heavy atom. The highest BCUT2D eigenvalue weighted by Gasteiger charge is 2.29. The number of aliphatic hydroxyl groups is 1. The number of hydrogen-bond donors (Lipinski definition) is 6. The molecule has 0 fully saturated rings. The molecule has 0 heterocycles. The third kappa shape index (κ3) is 7.39. The minimum atomic E-state index is -1.24. The van der Waals surface area contributed by atoms with Gasteiger partial charge in [0.2, 0.25) is 11.8 Å². The van der Waals surface area contributed by atoms with Crippen LogP contribution in [0.3, 0.4) is 0 Å². The van der Waals surface area contributed by atoms with Gasteiger partial charge in [0.15, 0.2) is 0 Å². The lowest BCUT2D eigenvalue weighted by Gasteiger charge is -2.27. The molecular weight excluding hydrogens is 426 g/mol. The summed E-state index contributed by atoms with van der Waals surface area (Å²) < 4.78 is 0. The summed E-state index contributed by atoms with van der Waals surface area (Å²) >= 11 is 1.25. The largest absolute Gasteiger partial charge is 0.480 e. The average molecular weight is 452 g/mol. The van der Waals surface area contributed by atoms with Crippen LogP contribution in [-0.2, 0) is 19.2 Å². The number of thioether (sulfide) groups is 1. The summed E-state index contributed by atoms with van der Waals surface area (Å²) in [5.74, 6) is -3.69. The van der Waals surface area contributed by atoms with E-state index in [1.165, 1.54) is 11.8 Å². The topological polar surface area (TPSA) is 179 Å². The predicted octanol–water partition coefficient (Wildman–Crippen LogP) is -0.274. The molecular formula is C20H25N3O7S. The van der Waals surface area contributed by atoms with Crippen LogP contribution in [0.4, 0.5) is 0 Å². The number of nitrogens with one attached hydrogen (secondary N) is 2. The fourth-order valence-corrected chi connectivity index (χ4v) is 4.26. The summed E-state index contributed by atoms with van der Waals surface area (Å²) in [7, 11) is 0. The molecule has 2 rings (SSSR count). The van der Waals surface area contributed by atoms with Crippen LogP contribution < -0.4 is 16.4 Å². The number of carboxylic acids is 2. The molecule has 31 heavy (non-hydrogen) atoms. The van der Waals surface area contributed by atoms with Crippen LogP contribution in [0.1, 0.15) is 29.2 Å².